The van der Waals surface area contributed by atoms with Gasteiger partial charge in [-0.15, -0.1) is 0 Å². The first-order valence-corrected chi connectivity index (χ1v) is 13.6. The Kier molecular flexibility index (Phi) is 6.66. The van der Waals surface area contributed by atoms with E-state index in [4.69, 9.17) is 13.9 Å². The van der Waals surface area contributed by atoms with Gasteiger partial charge in [0, 0.05) is 19.4 Å². The number of ketones is 1. The van der Waals surface area contributed by atoms with Crippen molar-refractivity contribution in [1.82, 2.24) is 0 Å². The molecule has 0 N–H and O–H groups in total. The molecule has 5 nitrogen and oxygen atoms in total. The van der Waals surface area contributed by atoms with Crippen LogP contribution >= 0.6 is 0 Å². The number of allylic oxidation sites excluding steroid dienone is 3. The normalized spacial score (nSPS) is 25.1. The van der Waals surface area contributed by atoms with Gasteiger partial charge >= 0.3 is 5.97 Å². The summed E-state index contributed by atoms with van der Waals surface area (Å²) < 4.78 is 17.7. The average molecular weight is 435 g/mol. The van der Waals surface area contributed by atoms with Crippen molar-refractivity contribution < 1.29 is 23.5 Å². The van der Waals surface area contributed by atoms with Gasteiger partial charge in [-0.3, -0.25) is 4.79 Å². The van der Waals surface area contributed by atoms with Crippen LogP contribution in [0.1, 0.15) is 68.2 Å². The maximum atomic E-state index is 13.5. The summed E-state index contributed by atoms with van der Waals surface area (Å²) in [5.74, 6) is -1.59. The van der Waals surface area contributed by atoms with E-state index < -0.39 is 20.1 Å². The third kappa shape index (κ3) is 4.97. The number of hydrogen-bond acceptors (Lipinski definition) is 5. The Bertz CT molecular complexity index is 823. The highest BCUT2D eigenvalue weighted by Gasteiger charge is 2.44. The topological polar surface area (TPSA) is 61.8 Å². The minimum absolute atomic E-state index is 0.0166. The van der Waals surface area contributed by atoms with Crippen LogP contribution < -0.4 is 0 Å². The summed E-state index contributed by atoms with van der Waals surface area (Å²) in [6.45, 7) is 24.1. The molecule has 0 saturated heterocycles. The second-order valence-corrected chi connectivity index (χ2v) is 15.4. The quantitative estimate of drug-likeness (QED) is 0.236. The van der Waals surface area contributed by atoms with Crippen LogP contribution in [0.5, 0.6) is 0 Å². The maximum absolute atomic E-state index is 13.5. The second kappa shape index (κ2) is 8.12. The van der Waals surface area contributed by atoms with Crippen molar-refractivity contribution in [2.75, 3.05) is 0 Å². The van der Waals surface area contributed by atoms with Crippen molar-refractivity contribution >= 4 is 20.1 Å². The molecular formula is C24H38O5Si. The minimum Gasteiger partial charge on any atom is -0.456 e. The number of esters is 1. The lowest BCUT2D eigenvalue weighted by Gasteiger charge is -2.42. The lowest BCUT2D eigenvalue weighted by atomic mass is 9.77. The van der Waals surface area contributed by atoms with E-state index in [0.717, 1.165) is 17.6 Å². The molecule has 168 valence electrons. The van der Waals surface area contributed by atoms with Crippen LogP contribution in [0.3, 0.4) is 0 Å². The van der Waals surface area contributed by atoms with Gasteiger partial charge in [-0.2, -0.15) is 0 Å². The molecule has 2 aliphatic rings. The van der Waals surface area contributed by atoms with Gasteiger partial charge < -0.3 is 13.9 Å². The van der Waals surface area contributed by atoms with Crippen molar-refractivity contribution in [1.29, 1.82) is 0 Å². The van der Waals surface area contributed by atoms with Gasteiger partial charge in [0.05, 0.1) is 6.10 Å². The zero-order chi connectivity index (χ0) is 23.2. The highest BCUT2D eigenvalue weighted by molar-refractivity contribution is 6.74. The van der Waals surface area contributed by atoms with Gasteiger partial charge in [-0.1, -0.05) is 32.9 Å². The first kappa shape index (κ1) is 24.6. The number of ether oxygens (including phenoxy) is 2. The molecular weight excluding hydrogens is 396 g/mol. The number of cyclic esters (lactones) is 1. The predicted molar refractivity (Wildman–Crippen MR) is 121 cm³/mol. The summed E-state index contributed by atoms with van der Waals surface area (Å²) in [6, 6.07) is 0. The van der Waals surface area contributed by atoms with Crippen LogP contribution in [0, 0.1) is 5.92 Å². The van der Waals surface area contributed by atoms with E-state index in [1.54, 1.807) is 20.8 Å². The molecule has 1 heterocycles. The molecule has 0 amide bonds. The zero-order valence-corrected chi connectivity index (χ0v) is 21.3. The maximum Gasteiger partial charge on any atom is 0.348 e. The minimum atomic E-state index is -2.05. The number of carbonyl (C=O) groups excluding carboxylic acids is 2. The summed E-state index contributed by atoms with van der Waals surface area (Å²) in [4.78, 5) is 26.1. The summed E-state index contributed by atoms with van der Waals surface area (Å²) in [7, 11) is -2.05. The largest absolute Gasteiger partial charge is 0.456 e. The third-order valence-electron chi connectivity index (χ3n) is 6.64. The molecule has 0 fully saturated rings. The predicted octanol–water partition coefficient (Wildman–Crippen LogP) is 5.83. The molecule has 6 heteroatoms. The molecule has 2 rings (SSSR count). The molecule has 0 radical (unpaired) electrons. The number of rotatable bonds is 5. The molecule has 0 aromatic carbocycles. The molecule has 0 unspecified atom stereocenters. The smallest absolute Gasteiger partial charge is 0.348 e. The third-order valence-corrected chi connectivity index (χ3v) is 11.1. The van der Waals surface area contributed by atoms with E-state index in [0.29, 0.717) is 17.8 Å². The van der Waals surface area contributed by atoms with Gasteiger partial charge in [-0.25, -0.2) is 4.79 Å². The van der Waals surface area contributed by atoms with Gasteiger partial charge in [0.15, 0.2) is 14.1 Å². The van der Waals surface area contributed by atoms with Crippen LogP contribution in [-0.4, -0.2) is 32.0 Å². The molecule has 0 aromatic rings. The lowest BCUT2D eigenvalue weighted by molar-refractivity contribution is -0.207. The van der Waals surface area contributed by atoms with E-state index in [2.05, 4.69) is 40.4 Å². The molecule has 0 aromatic heterocycles. The fourth-order valence-corrected chi connectivity index (χ4v) is 5.04. The molecule has 1 aliphatic heterocycles. The Labute approximate surface area is 182 Å². The van der Waals surface area contributed by atoms with Gasteiger partial charge in [0.2, 0.25) is 5.79 Å². The van der Waals surface area contributed by atoms with Gasteiger partial charge in [0.25, 0.3) is 0 Å². The Morgan fingerprint density at radius 2 is 1.77 bits per heavy atom. The zero-order valence-electron chi connectivity index (χ0n) is 20.3. The summed E-state index contributed by atoms with van der Waals surface area (Å²) in [5, 5.41) is 0.0549. The monoisotopic (exact) mass is 434 g/mol. The number of hydrogen-bond donors (Lipinski definition) is 0. The van der Waals surface area contributed by atoms with Crippen molar-refractivity contribution in [3.05, 3.63) is 34.6 Å². The molecule has 0 saturated carbocycles. The average Bonchev–Trinajstić information content (AvgIpc) is 2.53. The fourth-order valence-electron chi connectivity index (χ4n) is 3.70. The van der Waals surface area contributed by atoms with E-state index >= 15 is 0 Å². The number of Topliss-reactive ketones (excluding diaryl/α,β-unsaturated/α-hetero) is 1. The summed E-state index contributed by atoms with van der Waals surface area (Å²) >= 11 is 0. The Balaban J connectivity index is 2.49. The molecule has 1 aliphatic carbocycles. The van der Waals surface area contributed by atoms with Gasteiger partial charge in [0.1, 0.15) is 11.3 Å². The second-order valence-electron chi connectivity index (χ2n) is 10.7. The molecule has 0 spiro atoms. The van der Waals surface area contributed by atoms with E-state index in [1.807, 2.05) is 13.8 Å². The molecule has 2 atom stereocenters. The summed E-state index contributed by atoms with van der Waals surface area (Å²) in [5.41, 5.74) is 2.52. The number of carbonyl (C=O) groups is 2. The fraction of sp³-hybridized carbons (Fsp3) is 0.667. The van der Waals surface area contributed by atoms with Crippen LogP contribution in [-0.2, 0) is 23.5 Å². The van der Waals surface area contributed by atoms with E-state index in [1.165, 1.54) is 0 Å². The van der Waals surface area contributed by atoms with E-state index in [-0.39, 0.29) is 28.4 Å². The first-order valence-electron chi connectivity index (χ1n) is 10.7. The van der Waals surface area contributed by atoms with Crippen molar-refractivity contribution in [2.45, 2.75) is 98.3 Å². The standard InChI is InChI=1S/C24H38O5Si/c1-14(2)17-12-18(15(3)19(13-17)29-30(10,11)23(5,6)7)21(25)20-16(4)27-24(8,9)28-22(20)26/h17,19H,1,12-13H2,2-11H3/t17-,19-/m0/s1. The van der Waals surface area contributed by atoms with Crippen LogP contribution in [0.2, 0.25) is 18.1 Å². The van der Waals surface area contributed by atoms with Crippen molar-refractivity contribution in [3.8, 4) is 0 Å². The SMILES string of the molecule is C=C(C)[C@H]1CC(C(=O)C2=C(C)OC(C)(C)OC2=O)=C(C)[C@@H](O[Si](C)(C)C(C)(C)C)C1. The van der Waals surface area contributed by atoms with Crippen molar-refractivity contribution in [3.63, 3.8) is 0 Å². The van der Waals surface area contributed by atoms with Gasteiger partial charge in [-0.05, 0) is 63.2 Å². The highest BCUT2D eigenvalue weighted by Crippen LogP contribution is 2.43. The highest BCUT2D eigenvalue weighted by atomic mass is 28.4. The first-order chi connectivity index (χ1) is 13.5. The Morgan fingerprint density at radius 1 is 1.20 bits per heavy atom. The van der Waals surface area contributed by atoms with Crippen LogP contribution in [0.15, 0.2) is 34.6 Å². The molecule has 0 bridgehead atoms. The Hall–Kier alpha value is -1.66. The lowest BCUT2D eigenvalue weighted by Crippen LogP contribution is -2.46. The van der Waals surface area contributed by atoms with E-state index in [9.17, 15) is 9.59 Å². The Morgan fingerprint density at radius 3 is 2.23 bits per heavy atom. The molecule has 30 heavy (non-hydrogen) atoms. The summed E-state index contributed by atoms with van der Waals surface area (Å²) in [6.07, 6.45) is 1.18. The van der Waals surface area contributed by atoms with Crippen molar-refractivity contribution in [2.24, 2.45) is 5.92 Å². The van der Waals surface area contributed by atoms with Crippen LogP contribution in [0.4, 0.5) is 0 Å². The van der Waals surface area contributed by atoms with Crippen LogP contribution in [0.25, 0.3) is 0 Å².